The van der Waals surface area contributed by atoms with Crippen molar-refractivity contribution in [2.45, 2.75) is 25.8 Å². The minimum Gasteiger partial charge on any atom is -0.482 e. The number of hydrogen-bond donors (Lipinski definition) is 1. The quantitative estimate of drug-likeness (QED) is 0.881. The minimum atomic E-state index is -0.101. The van der Waals surface area contributed by atoms with Crippen molar-refractivity contribution in [2.75, 3.05) is 25.3 Å². The molecule has 0 aliphatic carbocycles. The van der Waals surface area contributed by atoms with Gasteiger partial charge in [0.1, 0.15) is 12.5 Å². The van der Waals surface area contributed by atoms with Crippen molar-refractivity contribution >= 4 is 11.6 Å². The van der Waals surface area contributed by atoms with E-state index < -0.39 is 0 Å². The Hall–Kier alpha value is -1.59. The molecule has 5 heteroatoms. The lowest BCUT2D eigenvalue weighted by Crippen LogP contribution is -2.40. The fraction of sp³-hybridized carbons (Fsp3) is 0.500. The van der Waals surface area contributed by atoms with E-state index in [1.54, 1.807) is 12.0 Å². The van der Waals surface area contributed by atoms with Crippen LogP contribution in [0, 0.1) is 0 Å². The molecule has 0 fully saturated rings. The molecule has 0 aromatic heterocycles. The van der Waals surface area contributed by atoms with Crippen LogP contribution in [-0.4, -0.2) is 26.4 Å². The molecule has 2 N–H and O–H groups in total. The topological polar surface area (TPSA) is 64.8 Å². The number of fused-ring (bicyclic) bond motifs is 1. The predicted octanol–water partition coefficient (Wildman–Crippen LogP) is 1.82. The van der Waals surface area contributed by atoms with Gasteiger partial charge < -0.3 is 15.2 Å². The maximum Gasteiger partial charge on any atom is 0.266 e. The fourth-order valence-electron chi connectivity index (χ4n) is 2.20. The molecular weight excluding hydrogens is 244 g/mol. The van der Waals surface area contributed by atoms with E-state index in [0.29, 0.717) is 5.75 Å². The summed E-state index contributed by atoms with van der Waals surface area (Å²) < 4.78 is 10.5. The van der Waals surface area contributed by atoms with Crippen molar-refractivity contribution < 1.29 is 14.3 Å². The van der Waals surface area contributed by atoms with Gasteiger partial charge in [0.25, 0.3) is 5.91 Å². The molecule has 1 aliphatic heterocycles. The molecule has 5 nitrogen and oxygen atoms in total. The minimum absolute atomic E-state index is 0.0169. The van der Waals surface area contributed by atoms with Crippen LogP contribution >= 0.6 is 0 Å². The van der Waals surface area contributed by atoms with Gasteiger partial charge >= 0.3 is 0 Å². The molecule has 1 aromatic carbocycles. The van der Waals surface area contributed by atoms with Crippen molar-refractivity contribution in [3.05, 3.63) is 23.8 Å². The zero-order valence-electron chi connectivity index (χ0n) is 11.4. The van der Waals surface area contributed by atoms with Crippen LogP contribution in [0.2, 0.25) is 0 Å². The van der Waals surface area contributed by atoms with Crippen molar-refractivity contribution in [2.24, 2.45) is 5.73 Å². The van der Waals surface area contributed by atoms with Crippen LogP contribution < -0.4 is 15.4 Å². The van der Waals surface area contributed by atoms with Crippen LogP contribution in [0.4, 0.5) is 5.69 Å². The lowest BCUT2D eigenvalue weighted by molar-refractivity contribution is -0.122. The first-order valence-electron chi connectivity index (χ1n) is 6.49. The summed E-state index contributed by atoms with van der Waals surface area (Å²) in [6.45, 7) is 2.38. The first kappa shape index (κ1) is 13.8. The van der Waals surface area contributed by atoms with Gasteiger partial charge in [-0.25, -0.2) is 0 Å². The van der Waals surface area contributed by atoms with Crippen LogP contribution in [0.1, 0.15) is 31.4 Å². The van der Waals surface area contributed by atoms with Crippen molar-refractivity contribution in [3.63, 3.8) is 0 Å². The number of rotatable bonds is 5. The van der Waals surface area contributed by atoms with Crippen LogP contribution in [-0.2, 0) is 9.53 Å². The maximum atomic E-state index is 11.8. The monoisotopic (exact) mass is 264 g/mol. The second-order valence-corrected chi connectivity index (χ2v) is 4.65. The Kier molecular flexibility index (Phi) is 4.39. The molecule has 19 heavy (non-hydrogen) atoms. The molecule has 0 saturated heterocycles. The third-order valence-electron chi connectivity index (χ3n) is 3.21. The molecule has 1 amide bonds. The van der Waals surface area contributed by atoms with Gasteiger partial charge in [-0.05, 0) is 24.1 Å². The third kappa shape index (κ3) is 2.88. The number of anilines is 1. The van der Waals surface area contributed by atoms with Gasteiger partial charge in [-0.1, -0.05) is 19.4 Å². The van der Waals surface area contributed by atoms with Gasteiger partial charge in [0, 0.05) is 13.2 Å². The van der Waals surface area contributed by atoms with Gasteiger partial charge in [0.15, 0.2) is 6.61 Å². The molecule has 1 heterocycles. The van der Waals surface area contributed by atoms with Gasteiger partial charge in [0.2, 0.25) is 0 Å². The smallest absolute Gasteiger partial charge is 0.266 e. The van der Waals surface area contributed by atoms with Gasteiger partial charge in [-0.2, -0.15) is 0 Å². The standard InChI is InChI=1S/C14H20N2O3/c1-3-4-11(15)10-5-6-13-12(7-10)16(9-18-2)14(17)8-19-13/h5-7,11H,3-4,8-9,15H2,1-2H3. The summed E-state index contributed by atoms with van der Waals surface area (Å²) in [5, 5.41) is 0. The average molecular weight is 264 g/mol. The molecular formula is C14H20N2O3. The highest BCUT2D eigenvalue weighted by Crippen LogP contribution is 2.34. The summed E-state index contributed by atoms with van der Waals surface area (Å²) in [6.07, 6.45) is 1.94. The molecule has 1 atom stereocenters. The van der Waals surface area contributed by atoms with Crippen LogP contribution in [0.25, 0.3) is 0 Å². The molecule has 0 spiro atoms. The third-order valence-corrected chi connectivity index (χ3v) is 3.21. The van der Waals surface area contributed by atoms with E-state index in [1.165, 1.54) is 0 Å². The molecule has 0 bridgehead atoms. The Bertz CT molecular complexity index is 462. The Morgan fingerprint density at radius 2 is 2.32 bits per heavy atom. The van der Waals surface area contributed by atoms with Crippen molar-refractivity contribution in [3.8, 4) is 5.75 Å². The van der Waals surface area contributed by atoms with Gasteiger partial charge in [0.05, 0.1) is 5.69 Å². The largest absolute Gasteiger partial charge is 0.482 e. The Balaban J connectivity index is 2.32. The SMILES string of the molecule is CCCC(N)c1ccc2c(c1)N(COC)C(=O)CO2. The normalized spacial score (nSPS) is 15.9. The zero-order chi connectivity index (χ0) is 13.8. The van der Waals surface area contributed by atoms with Crippen LogP contribution in [0.5, 0.6) is 5.75 Å². The average Bonchev–Trinajstić information content (AvgIpc) is 2.42. The van der Waals surface area contributed by atoms with Crippen LogP contribution in [0.15, 0.2) is 18.2 Å². The number of benzene rings is 1. The van der Waals surface area contributed by atoms with E-state index in [0.717, 1.165) is 24.1 Å². The lowest BCUT2D eigenvalue weighted by Gasteiger charge is -2.29. The molecule has 2 rings (SSSR count). The summed E-state index contributed by atoms with van der Waals surface area (Å²) in [7, 11) is 1.56. The van der Waals surface area contributed by atoms with E-state index in [-0.39, 0.29) is 25.3 Å². The van der Waals surface area contributed by atoms with E-state index in [1.807, 2.05) is 18.2 Å². The first-order valence-corrected chi connectivity index (χ1v) is 6.49. The summed E-state index contributed by atoms with van der Waals surface area (Å²) in [6, 6.07) is 5.73. The molecule has 1 unspecified atom stereocenters. The number of hydrogen-bond acceptors (Lipinski definition) is 4. The molecule has 1 aliphatic rings. The second-order valence-electron chi connectivity index (χ2n) is 4.65. The number of ether oxygens (including phenoxy) is 2. The van der Waals surface area contributed by atoms with E-state index in [4.69, 9.17) is 15.2 Å². The first-order chi connectivity index (χ1) is 9.17. The summed E-state index contributed by atoms with van der Waals surface area (Å²) >= 11 is 0. The van der Waals surface area contributed by atoms with Crippen molar-refractivity contribution in [1.29, 1.82) is 0 Å². The van der Waals surface area contributed by atoms with E-state index in [2.05, 4.69) is 6.92 Å². The highest BCUT2D eigenvalue weighted by atomic mass is 16.5. The number of carbonyl (C=O) groups is 1. The highest BCUT2D eigenvalue weighted by molar-refractivity contribution is 5.97. The molecule has 1 aromatic rings. The maximum absolute atomic E-state index is 11.8. The number of methoxy groups -OCH3 is 1. The second kappa shape index (κ2) is 6.04. The molecule has 0 saturated carbocycles. The highest BCUT2D eigenvalue weighted by Gasteiger charge is 2.26. The van der Waals surface area contributed by atoms with Crippen molar-refractivity contribution in [1.82, 2.24) is 0 Å². The van der Waals surface area contributed by atoms with E-state index >= 15 is 0 Å². The Morgan fingerprint density at radius 1 is 1.53 bits per heavy atom. The van der Waals surface area contributed by atoms with Crippen LogP contribution in [0.3, 0.4) is 0 Å². The number of nitrogens with two attached hydrogens (primary N) is 1. The zero-order valence-corrected chi connectivity index (χ0v) is 11.4. The summed E-state index contributed by atoms with van der Waals surface area (Å²) in [5.74, 6) is 0.597. The van der Waals surface area contributed by atoms with Gasteiger partial charge in [-0.3, -0.25) is 9.69 Å². The number of carbonyl (C=O) groups excluding carboxylic acids is 1. The number of amides is 1. The summed E-state index contributed by atoms with van der Waals surface area (Å²) in [4.78, 5) is 13.4. The fourth-order valence-corrected chi connectivity index (χ4v) is 2.20. The predicted molar refractivity (Wildman–Crippen MR) is 73.1 cm³/mol. The Labute approximate surface area is 113 Å². The number of nitrogens with zero attached hydrogens (tertiary/aromatic N) is 1. The lowest BCUT2D eigenvalue weighted by atomic mass is 10.0. The Morgan fingerprint density at radius 3 is 3.00 bits per heavy atom. The summed E-state index contributed by atoms with van der Waals surface area (Å²) in [5.41, 5.74) is 7.87. The van der Waals surface area contributed by atoms with Gasteiger partial charge in [-0.15, -0.1) is 0 Å². The van der Waals surface area contributed by atoms with E-state index in [9.17, 15) is 4.79 Å². The molecule has 104 valence electrons. The molecule has 0 radical (unpaired) electrons.